The first-order chi connectivity index (χ1) is 6.89. The maximum atomic E-state index is 11.7. The van der Waals surface area contributed by atoms with Crippen LogP contribution in [0.4, 0.5) is 0 Å². The molecular formula is C12H23NO2. The fourth-order valence-electron chi connectivity index (χ4n) is 1.73. The Balaban J connectivity index is 2.35. The van der Waals surface area contributed by atoms with Gasteiger partial charge in [0.05, 0.1) is 13.1 Å². The van der Waals surface area contributed by atoms with Gasteiger partial charge in [0.2, 0.25) is 5.91 Å². The minimum absolute atomic E-state index is 0.190. The van der Waals surface area contributed by atoms with Crippen LogP contribution in [0, 0.1) is 11.8 Å². The summed E-state index contributed by atoms with van der Waals surface area (Å²) in [6, 6.07) is 0. The van der Waals surface area contributed by atoms with Crippen molar-refractivity contribution in [1.82, 2.24) is 4.90 Å². The van der Waals surface area contributed by atoms with Gasteiger partial charge in [-0.3, -0.25) is 4.79 Å². The smallest absolute Gasteiger partial charge is 0.223 e. The minimum Gasteiger partial charge on any atom is -0.386 e. The molecule has 0 aromatic rings. The van der Waals surface area contributed by atoms with Gasteiger partial charge in [-0.15, -0.1) is 0 Å². The van der Waals surface area contributed by atoms with Gasteiger partial charge in [-0.05, 0) is 11.8 Å². The second-order valence-corrected chi connectivity index (χ2v) is 5.23. The van der Waals surface area contributed by atoms with Gasteiger partial charge in [0.1, 0.15) is 5.60 Å². The summed E-state index contributed by atoms with van der Waals surface area (Å²) in [5.41, 5.74) is -0.634. The Bertz CT molecular complexity index is 232. The number of carbonyl (C=O) groups is 1. The molecule has 3 heteroatoms. The molecule has 15 heavy (non-hydrogen) atoms. The minimum atomic E-state index is -0.634. The van der Waals surface area contributed by atoms with E-state index in [4.69, 9.17) is 0 Å². The van der Waals surface area contributed by atoms with Crippen LogP contribution in [-0.4, -0.2) is 34.6 Å². The van der Waals surface area contributed by atoms with Crippen LogP contribution in [0.3, 0.4) is 0 Å². The zero-order valence-electron chi connectivity index (χ0n) is 10.3. The molecule has 1 rings (SSSR count). The van der Waals surface area contributed by atoms with E-state index < -0.39 is 5.60 Å². The SMILES string of the molecule is CCC(C)CC(=O)N1CC(O)(C(C)C)C1. The van der Waals surface area contributed by atoms with Crippen molar-refractivity contribution in [2.24, 2.45) is 11.8 Å². The third kappa shape index (κ3) is 2.71. The van der Waals surface area contributed by atoms with Gasteiger partial charge in [0.25, 0.3) is 0 Å². The molecular weight excluding hydrogens is 190 g/mol. The number of β-amino-alcohol motifs (C(OH)–C–C–N with tert-alkyl or cyclic N) is 1. The van der Waals surface area contributed by atoms with E-state index in [2.05, 4.69) is 13.8 Å². The number of amides is 1. The fourth-order valence-corrected chi connectivity index (χ4v) is 1.73. The van der Waals surface area contributed by atoms with Gasteiger partial charge in [-0.2, -0.15) is 0 Å². The zero-order chi connectivity index (χ0) is 11.6. The number of hydrogen-bond acceptors (Lipinski definition) is 2. The third-order valence-corrected chi connectivity index (χ3v) is 3.58. The number of likely N-dealkylation sites (tertiary alicyclic amines) is 1. The van der Waals surface area contributed by atoms with Crippen molar-refractivity contribution in [3.05, 3.63) is 0 Å². The summed E-state index contributed by atoms with van der Waals surface area (Å²) in [7, 11) is 0. The molecule has 1 aliphatic rings. The van der Waals surface area contributed by atoms with Crippen LogP contribution < -0.4 is 0 Å². The Morgan fingerprint density at radius 1 is 1.40 bits per heavy atom. The van der Waals surface area contributed by atoms with Crippen molar-refractivity contribution in [2.45, 2.75) is 46.1 Å². The van der Waals surface area contributed by atoms with Crippen LogP contribution in [0.1, 0.15) is 40.5 Å². The molecule has 1 amide bonds. The van der Waals surface area contributed by atoms with Crippen LogP contribution in [0.5, 0.6) is 0 Å². The lowest BCUT2D eigenvalue weighted by atomic mass is 9.82. The third-order valence-electron chi connectivity index (χ3n) is 3.58. The number of hydrogen-bond donors (Lipinski definition) is 1. The van der Waals surface area contributed by atoms with E-state index in [1.165, 1.54) is 0 Å². The number of rotatable bonds is 4. The Morgan fingerprint density at radius 2 is 1.93 bits per heavy atom. The molecule has 0 spiro atoms. The topological polar surface area (TPSA) is 40.5 Å². The monoisotopic (exact) mass is 213 g/mol. The number of nitrogens with zero attached hydrogens (tertiary/aromatic N) is 1. The van der Waals surface area contributed by atoms with Crippen molar-refractivity contribution in [3.63, 3.8) is 0 Å². The zero-order valence-corrected chi connectivity index (χ0v) is 10.3. The first-order valence-corrected chi connectivity index (χ1v) is 5.89. The molecule has 1 atom stereocenters. The average molecular weight is 213 g/mol. The van der Waals surface area contributed by atoms with Crippen LogP contribution in [0.15, 0.2) is 0 Å². The second-order valence-electron chi connectivity index (χ2n) is 5.23. The van der Waals surface area contributed by atoms with Crippen LogP contribution >= 0.6 is 0 Å². The van der Waals surface area contributed by atoms with Crippen molar-refractivity contribution in [2.75, 3.05) is 13.1 Å². The van der Waals surface area contributed by atoms with Gasteiger partial charge in [-0.1, -0.05) is 34.1 Å². The van der Waals surface area contributed by atoms with Gasteiger partial charge in [0.15, 0.2) is 0 Å². The molecule has 0 saturated carbocycles. The summed E-state index contributed by atoms with van der Waals surface area (Å²) in [5, 5.41) is 10.0. The quantitative estimate of drug-likeness (QED) is 0.771. The molecule has 1 saturated heterocycles. The average Bonchev–Trinajstić information content (AvgIpc) is 2.11. The van der Waals surface area contributed by atoms with E-state index in [1.807, 2.05) is 13.8 Å². The Morgan fingerprint density at radius 3 is 2.33 bits per heavy atom. The summed E-state index contributed by atoms with van der Waals surface area (Å²) in [6.07, 6.45) is 1.65. The highest BCUT2D eigenvalue weighted by molar-refractivity contribution is 5.77. The Labute approximate surface area is 92.5 Å². The molecule has 0 radical (unpaired) electrons. The number of carbonyl (C=O) groups excluding carboxylic acids is 1. The first kappa shape index (κ1) is 12.5. The van der Waals surface area contributed by atoms with Crippen molar-refractivity contribution in [1.29, 1.82) is 0 Å². The Hall–Kier alpha value is -0.570. The molecule has 1 fully saturated rings. The normalized spacial score (nSPS) is 21.3. The molecule has 1 aliphatic heterocycles. The lowest BCUT2D eigenvalue weighted by Gasteiger charge is -2.49. The summed E-state index contributed by atoms with van der Waals surface area (Å²) in [6.45, 7) is 9.21. The van der Waals surface area contributed by atoms with Gasteiger partial charge in [0, 0.05) is 6.42 Å². The molecule has 0 aliphatic carbocycles. The first-order valence-electron chi connectivity index (χ1n) is 5.89. The summed E-state index contributed by atoms with van der Waals surface area (Å²) in [5.74, 6) is 0.866. The maximum absolute atomic E-state index is 11.7. The molecule has 0 aromatic carbocycles. The largest absolute Gasteiger partial charge is 0.386 e. The lowest BCUT2D eigenvalue weighted by Crippen LogP contribution is -2.66. The van der Waals surface area contributed by atoms with Crippen molar-refractivity contribution < 1.29 is 9.90 Å². The van der Waals surface area contributed by atoms with E-state index in [-0.39, 0.29) is 11.8 Å². The van der Waals surface area contributed by atoms with E-state index in [1.54, 1.807) is 4.90 Å². The Kier molecular flexibility index (Phi) is 3.77. The molecule has 1 N–H and O–H groups in total. The predicted molar refractivity (Wildman–Crippen MR) is 60.4 cm³/mol. The van der Waals surface area contributed by atoms with Crippen LogP contribution in [-0.2, 0) is 4.79 Å². The lowest BCUT2D eigenvalue weighted by molar-refractivity contribution is -0.164. The highest BCUT2D eigenvalue weighted by atomic mass is 16.3. The molecule has 1 unspecified atom stereocenters. The van der Waals surface area contributed by atoms with Gasteiger partial charge < -0.3 is 10.0 Å². The van der Waals surface area contributed by atoms with Crippen molar-refractivity contribution >= 4 is 5.91 Å². The maximum Gasteiger partial charge on any atom is 0.223 e. The van der Waals surface area contributed by atoms with E-state index in [0.29, 0.717) is 25.4 Å². The summed E-state index contributed by atoms with van der Waals surface area (Å²) >= 11 is 0. The van der Waals surface area contributed by atoms with Crippen LogP contribution in [0.25, 0.3) is 0 Å². The predicted octanol–water partition coefficient (Wildman–Crippen LogP) is 1.65. The molecule has 88 valence electrons. The van der Waals surface area contributed by atoms with Crippen LogP contribution in [0.2, 0.25) is 0 Å². The van der Waals surface area contributed by atoms with E-state index >= 15 is 0 Å². The van der Waals surface area contributed by atoms with Gasteiger partial charge >= 0.3 is 0 Å². The molecule has 1 heterocycles. The highest BCUT2D eigenvalue weighted by Gasteiger charge is 2.45. The highest BCUT2D eigenvalue weighted by Crippen LogP contribution is 2.29. The molecule has 0 bridgehead atoms. The van der Waals surface area contributed by atoms with Gasteiger partial charge in [-0.25, -0.2) is 0 Å². The second kappa shape index (κ2) is 4.52. The standard InChI is InChI=1S/C12H23NO2/c1-5-10(4)6-11(14)13-7-12(15,8-13)9(2)3/h9-10,15H,5-8H2,1-4H3. The molecule has 3 nitrogen and oxygen atoms in total. The number of aliphatic hydroxyl groups is 1. The van der Waals surface area contributed by atoms with E-state index in [9.17, 15) is 9.90 Å². The molecule has 0 aromatic heterocycles. The summed E-state index contributed by atoms with van der Waals surface area (Å²) < 4.78 is 0. The van der Waals surface area contributed by atoms with E-state index in [0.717, 1.165) is 6.42 Å². The fraction of sp³-hybridized carbons (Fsp3) is 0.917. The van der Waals surface area contributed by atoms with Crippen molar-refractivity contribution in [3.8, 4) is 0 Å². The summed E-state index contributed by atoms with van der Waals surface area (Å²) in [4.78, 5) is 13.5.